The molecule has 2 N–H and O–H groups in total. The van der Waals surface area contributed by atoms with Crippen molar-refractivity contribution in [1.29, 1.82) is 0 Å². The number of methoxy groups -OCH3 is 1. The third-order valence-corrected chi connectivity index (χ3v) is 7.20. The Bertz CT molecular complexity index is 1090. The fourth-order valence-corrected chi connectivity index (χ4v) is 5.43. The number of urea groups is 1. The van der Waals surface area contributed by atoms with Crippen LogP contribution < -0.4 is 14.8 Å². The summed E-state index contributed by atoms with van der Waals surface area (Å²) >= 11 is 0. The van der Waals surface area contributed by atoms with Gasteiger partial charge in [-0.2, -0.15) is 0 Å². The molecule has 0 spiro atoms. The van der Waals surface area contributed by atoms with Gasteiger partial charge in [0.1, 0.15) is 5.75 Å². The zero-order chi connectivity index (χ0) is 21.3. The van der Waals surface area contributed by atoms with Crippen LogP contribution in [0, 0.1) is 0 Å². The first-order valence-electron chi connectivity index (χ1n) is 10.2. The maximum Gasteiger partial charge on any atom is 0.333 e. The molecule has 0 saturated carbocycles. The van der Waals surface area contributed by atoms with Crippen LogP contribution in [-0.4, -0.2) is 21.6 Å². The third-order valence-electron chi connectivity index (χ3n) is 5.87. The van der Waals surface area contributed by atoms with E-state index in [9.17, 15) is 13.2 Å². The summed E-state index contributed by atoms with van der Waals surface area (Å²) in [5.41, 5.74) is 6.49. The van der Waals surface area contributed by atoms with Gasteiger partial charge in [0.25, 0.3) is 10.0 Å². The topological polar surface area (TPSA) is 84.5 Å². The van der Waals surface area contributed by atoms with Gasteiger partial charge in [-0.1, -0.05) is 18.2 Å². The van der Waals surface area contributed by atoms with Crippen LogP contribution in [-0.2, 0) is 42.1 Å². The Labute approximate surface area is 177 Å². The number of anilines is 1. The third kappa shape index (κ3) is 3.81. The lowest BCUT2D eigenvalue weighted by molar-refractivity contribution is 0.256. The minimum absolute atomic E-state index is 0.0224. The SMILES string of the molecule is C=CCc1ccc(S(=O)(=O)NC(=O)Nc2c3c(cc4c2CCC4)CCC3)cc1OC. The molecule has 6 nitrogen and oxygen atoms in total. The normalized spacial score (nSPS) is 14.7. The standard InChI is InChI=1S/C23H26N2O4S/c1-3-6-15-11-12-18(14-21(15)29-2)30(27,28)25-23(26)24-22-19-9-4-7-16(19)13-17-8-5-10-20(17)22/h3,11-14H,1,4-10H2,2H3,(H2,24,25,26). The molecule has 2 aromatic carbocycles. The Morgan fingerprint density at radius 3 is 2.37 bits per heavy atom. The smallest absolute Gasteiger partial charge is 0.333 e. The van der Waals surface area contributed by atoms with Gasteiger partial charge in [0.05, 0.1) is 12.0 Å². The van der Waals surface area contributed by atoms with Crippen molar-refractivity contribution in [2.24, 2.45) is 0 Å². The Morgan fingerprint density at radius 2 is 1.77 bits per heavy atom. The van der Waals surface area contributed by atoms with Crippen molar-refractivity contribution in [2.75, 3.05) is 12.4 Å². The van der Waals surface area contributed by atoms with Gasteiger partial charge in [-0.3, -0.25) is 0 Å². The predicted molar refractivity (Wildman–Crippen MR) is 117 cm³/mol. The van der Waals surface area contributed by atoms with Crippen LogP contribution in [0.5, 0.6) is 5.75 Å². The zero-order valence-electron chi connectivity index (χ0n) is 17.1. The summed E-state index contributed by atoms with van der Waals surface area (Å²) in [4.78, 5) is 12.7. The summed E-state index contributed by atoms with van der Waals surface area (Å²) in [5.74, 6) is 0.442. The van der Waals surface area contributed by atoms with Crippen molar-refractivity contribution >= 4 is 21.7 Å². The molecule has 0 bridgehead atoms. The number of carbonyl (C=O) groups excluding carboxylic acids is 1. The zero-order valence-corrected chi connectivity index (χ0v) is 17.9. The number of sulfonamides is 1. The fourth-order valence-electron chi connectivity index (χ4n) is 4.50. The second-order valence-electron chi connectivity index (χ2n) is 7.76. The van der Waals surface area contributed by atoms with Gasteiger partial charge >= 0.3 is 6.03 Å². The molecule has 0 aliphatic heterocycles. The number of hydrogen-bond acceptors (Lipinski definition) is 4. The van der Waals surface area contributed by atoms with Crippen molar-refractivity contribution in [1.82, 2.24) is 4.72 Å². The monoisotopic (exact) mass is 426 g/mol. The number of amides is 2. The second kappa shape index (κ2) is 8.14. The molecule has 0 atom stereocenters. The highest BCUT2D eigenvalue weighted by Gasteiger charge is 2.26. The highest BCUT2D eigenvalue weighted by Crippen LogP contribution is 2.38. The van der Waals surface area contributed by atoms with E-state index in [1.807, 2.05) is 0 Å². The first-order chi connectivity index (χ1) is 14.4. The number of ether oxygens (including phenoxy) is 1. The average molecular weight is 427 g/mol. The van der Waals surface area contributed by atoms with E-state index in [0.717, 1.165) is 60.9 Å². The van der Waals surface area contributed by atoms with Crippen LogP contribution >= 0.6 is 0 Å². The molecule has 158 valence electrons. The molecule has 0 radical (unpaired) electrons. The molecule has 0 fully saturated rings. The van der Waals surface area contributed by atoms with Crippen LogP contribution in [0.2, 0.25) is 0 Å². The van der Waals surface area contributed by atoms with Gasteiger partial charge in [0.15, 0.2) is 0 Å². The van der Waals surface area contributed by atoms with E-state index in [1.165, 1.54) is 30.4 Å². The molecule has 0 unspecified atom stereocenters. The highest BCUT2D eigenvalue weighted by atomic mass is 32.2. The van der Waals surface area contributed by atoms with Crippen LogP contribution in [0.25, 0.3) is 0 Å². The molecule has 0 saturated heterocycles. The Morgan fingerprint density at radius 1 is 1.10 bits per heavy atom. The Balaban J connectivity index is 1.57. The van der Waals surface area contributed by atoms with Gasteiger partial charge in [0, 0.05) is 11.8 Å². The van der Waals surface area contributed by atoms with Crippen LogP contribution in [0.3, 0.4) is 0 Å². The van der Waals surface area contributed by atoms with Gasteiger partial charge in [-0.05, 0) is 78.8 Å². The number of nitrogens with one attached hydrogen (secondary N) is 2. The largest absolute Gasteiger partial charge is 0.496 e. The Hall–Kier alpha value is -2.80. The number of carbonyl (C=O) groups is 1. The van der Waals surface area contributed by atoms with E-state index in [-0.39, 0.29) is 4.90 Å². The van der Waals surface area contributed by atoms with Gasteiger partial charge in [-0.15, -0.1) is 6.58 Å². The lowest BCUT2D eigenvalue weighted by Gasteiger charge is -2.17. The summed E-state index contributed by atoms with van der Waals surface area (Å²) in [6.45, 7) is 3.69. The first-order valence-corrected chi connectivity index (χ1v) is 11.7. The van der Waals surface area contributed by atoms with Gasteiger partial charge < -0.3 is 10.1 Å². The van der Waals surface area contributed by atoms with Gasteiger partial charge in [0.2, 0.25) is 0 Å². The maximum atomic E-state index is 12.8. The van der Waals surface area contributed by atoms with Crippen LogP contribution in [0.4, 0.5) is 10.5 Å². The summed E-state index contributed by atoms with van der Waals surface area (Å²) in [7, 11) is -2.56. The van der Waals surface area contributed by atoms with Crippen molar-refractivity contribution in [3.05, 3.63) is 64.7 Å². The minimum Gasteiger partial charge on any atom is -0.496 e. The quantitative estimate of drug-likeness (QED) is 0.686. The molecule has 7 heteroatoms. The molecule has 4 rings (SSSR count). The molecule has 2 aliphatic rings. The van der Waals surface area contributed by atoms with E-state index < -0.39 is 16.1 Å². The molecule has 2 aromatic rings. The van der Waals surface area contributed by atoms with Crippen LogP contribution in [0.15, 0.2) is 41.8 Å². The molecular formula is C23H26N2O4S. The maximum absolute atomic E-state index is 12.8. The summed E-state index contributed by atoms with van der Waals surface area (Å²) < 4.78 is 33.0. The molecule has 2 aliphatic carbocycles. The van der Waals surface area contributed by atoms with E-state index in [0.29, 0.717) is 12.2 Å². The van der Waals surface area contributed by atoms with Crippen molar-refractivity contribution < 1.29 is 17.9 Å². The number of hydrogen-bond donors (Lipinski definition) is 2. The van der Waals surface area contributed by atoms with Gasteiger partial charge in [-0.25, -0.2) is 17.9 Å². The molecule has 2 amide bonds. The molecule has 0 heterocycles. The minimum atomic E-state index is -4.04. The highest BCUT2D eigenvalue weighted by molar-refractivity contribution is 7.90. The number of rotatable bonds is 6. The first kappa shape index (κ1) is 20.5. The average Bonchev–Trinajstić information content (AvgIpc) is 3.37. The number of allylic oxidation sites excluding steroid dienone is 1. The van der Waals surface area contributed by atoms with E-state index in [4.69, 9.17) is 4.74 Å². The van der Waals surface area contributed by atoms with Crippen molar-refractivity contribution in [3.8, 4) is 5.75 Å². The van der Waals surface area contributed by atoms with E-state index in [2.05, 4.69) is 22.7 Å². The van der Waals surface area contributed by atoms with Crippen LogP contribution in [0.1, 0.15) is 40.7 Å². The Kier molecular flexibility index (Phi) is 5.56. The summed E-state index contributed by atoms with van der Waals surface area (Å²) in [5, 5.41) is 2.86. The lowest BCUT2D eigenvalue weighted by atomic mass is 9.99. The summed E-state index contributed by atoms with van der Waals surface area (Å²) in [6.07, 6.45) is 8.23. The number of fused-ring (bicyclic) bond motifs is 2. The molecule has 30 heavy (non-hydrogen) atoms. The van der Waals surface area contributed by atoms with E-state index >= 15 is 0 Å². The van der Waals surface area contributed by atoms with Crippen molar-refractivity contribution in [2.45, 2.75) is 49.8 Å². The number of aryl methyl sites for hydroxylation is 2. The lowest BCUT2D eigenvalue weighted by Crippen LogP contribution is -2.35. The second-order valence-corrected chi connectivity index (χ2v) is 9.44. The molecular weight excluding hydrogens is 400 g/mol. The van der Waals surface area contributed by atoms with Crippen molar-refractivity contribution in [3.63, 3.8) is 0 Å². The number of benzene rings is 2. The molecule has 0 aromatic heterocycles. The predicted octanol–water partition coefficient (Wildman–Crippen LogP) is 3.91. The fraction of sp³-hybridized carbons (Fsp3) is 0.348. The summed E-state index contributed by atoms with van der Waals surface area (Å²) in [6, 6.07) is 6.09. The van der Waals surface area contributed by atoms with E-state index in [1.54, 1.807) is 12.1 Å².